The quantitative estimate of drug-likeness (QED) is 0.541. The largest absolute Gasteiger partial charge is 0.456 e. The minimum Gasteiger partial charge on any atom is -0.456 e. The van der Waals surface area contributed by atoms with E-state index in [1.807, 2.05) is 43.4 Å². The van der Waals surface area contributed by atoms with Gasteiger partial charge >= 0.3 is 0 Å². The van der Waals surface area contributed by atoms with E-state index in [1.54, 1.807) is 12.3 Å². The number of nitrogens with one attached hydrogen (secondary N) is 2. The summed E-state index contributed by atoms with van der Waals surface area (Å²) < 4.78 is 6.18. The molecule has 0 aliphatic carbocycles. The first-order valence-electron chi connectivity index (χ1n) is 10.5. The number of benzene rings is 2. The summed E-state index contributed by atoms with van der Waals surface area (Å²) in [7, 11) is 1.92. The van der Waals surface area contributed by atoms with Crippen LogP contribution in [0.5, 0.6) is 11.5 Å². The van der Waals surface area contributed by atoms with E-state index in [-0.39, 0.29) is 0 Å². The molecule has 2 N–H and O–H groups in total. The van der Waals surface area contributed by atoms with E-state index in [0.717, 1.165) is 47.9 Å². The van der Waals surface area contributed by atoms with Crippen LogP contribution in [-0.4, -0.2) is 37.2 Å². The first-order valence-corrected chi connectivity index (χ1v) is 11.2. The fourth-order valence-corrected chi connectivity index (χ4v) is 5.02. The van der Waals surface area contributed by atoms with Crippen LogP contribution in [0.2, 0.25) is 10.0 Å². The van der Waals surface area contributed by atoms with Gasteiger partial charge in [-0.3, -0.25) is 0 Å². The fraction of sp³-hybridized carbons (Fsp3) is 0.292. The van der Waals surface area contributed by atoms with Gasteiger partial charge in [0.15, 0.2) is 0 Å². The van der Waals surface area contributed by atoms with Crippen molar-refractivity contribution in [3.8, 4) is 22.6 Å². The number of piperazine rings is 1. The second kappa shape index (κ2) is 8.67. The van der Waals surface area contributed by atoms with Crippen molar-refractivity contribution < 1.29 is 4.74 Å². The Hall–Kier alpha value is -2.31. The van der Waals surface area contributed by atoms with Crippen LogP contribution in [0.1, 0.15) is 12.0 Å². The Morgan fingerprint density at radius 1 is 1.06 bits per heavy atom. The third-order valence-corrected chi connectivity index (χ3v) is 6.29. The fourth-order valence-electron chi connectivity index (χ4n) is 4.49. The van der Waals surface area contributed by atoms with Gasteiger partial charge in [-0.15, -0.1) is 0 Å². The number of hydrogen-bond donors (Lipinski definition) is 2. The Balaban J connectivity index is 1.39. The van der Waals surface area contributed by atoms with Crippen molar-refractivity contribution in [3.63, 3.8) is 0 Å². The highest BCUT2D eigenvalue weighted by molar-refractivity contribution is 6.35. The smallest absolute Gasteiger partial charge is 0.145 e. The number of anilines is 1. The molecule has 1 aromatic heterocycles. The van der Waals surface area contributed by atoms with Crippen LogP contribution < -0.4 is 20.3 Å². The Bertz CT molecular complexity index is 1070. The van der Waals surface area contributed by atoms with Gasteiger partial charge in [-0.25, -0.2) is 4.98 Å². The van der Waals surface area contributed by atoms with Crippen LogP contribution in [0, 0.1) is 0 Å². The number of aromatic nitrogens is 1. The second-order valence-corrected chi connectivity index (χ2v) is 9.03. The minimum atomic E-state index is 0.551. The van der Waals surface area contributed by atoms with Crippen LogP contribution in [0.4, 0.5) is 5.82 Å². The van der Waals surface area contributed by atoms with Crippen LogP contribution in [0.3, 0.4) is 0 Å². The average Bonchev–Trinajstić information content (AvgIpc) is 3.37. The maximum atomic E-state index is 6.22. The monoisotopic (exact) mass is 454 g/mol. The summed E-state index contributed by atoms with van der Waals surface area (Å²) in [4.78, 5) is 7.05. The number of halogens is 2. The molecule has 5 nitrogen and oxygen atoms in total. The van der Waals surface area contributed by atoms with E-state index in [1.165, 1.54) is 6.42 Å². The summed E-state index contributed by atoms with van der Waals surface area (Å²) in [5.41, 5.74) is 3.06. The summed E-state index contributed by atoms with van der Waals surface area (Å²) in [6.45, 7) is 2.79. The number of hydrogen-bond acceptors (Lipinski definition) is 5. The van der Waals surface area contributed by atoms with E-state index < -0.39 is 0 Å². The molecule has 3 aromatic rings. The first-order chi connectivity index (χ1) is 15.1. The highest BCUT2D eigenvalue weighted by Gasteiger charge is 2.38. The topological polar surface area (TPSA) is 49.4 Å². The maximum absolute atomic E-state index is 6.22. The molecule has 0 saturated carbocycles. The molecule has 0 amide bonds. The maximum Gasteiger partial charge on any atom is 0.145 e. The highest BCUT2D eigenvalue weighted by Crippen LogP contribution is 2.33. The van der Waals surface area contributed by atoms with Crippen LogP contribution in [-0.2, 0) is 6.54 Å². The Morgan fingerprint density at radius 3 is 2.52 bits per heavy atom. The number of nitrogens with zero attached hydrogens (tertiary/aromatic N) is 2. The van der Waals surface area contributed by atoms with Crippen molar-refractivity contribution in [1.82, 2.24) is 15.6 Å². The van der Waals surface area contributed by atoms with Crippen molar-refractivity contribution in [1.29, 1.82) is 0 Å². The van der Waals surface area contributed by atoms with E-state index >= 15 is 0 Å². The van der Waals surface area contributed by atoms with Gasteiger partial charge in [-0.2, -0.15) is 0 Å². The molecule has 2 aliphatic rings. The van der Waals surface area contributed by atoms with Gasteiger partial charge in [0, 0.05) is 41.8 Å². The predicted octanol–water partition coefficient (Wildman–Crippen LogP) is 5.12. The lowest BCUT2D eigenvalue weighted by Gasteiger charge is -2.28. The standard InChI is InChI=1S/C24H24Cl2N4O/c1-27-11-15-4-16(17-6-18(25)9-19(26)7-17)8-23(5-15)31-22-2-3-24(29-13-22)30-14-20-10-21(30)12-28-20/h2-9,13,20-21,27-28H,10-12,14H2,1H3/t20-,21-/m0/s1. The average molecular weight is 455 g/mol. The molecule has 2 fully saturated rings. The summed E-state index contributed by atoms with van der Waals surface area (Å²) in [5, 5.41) is 7.94. The molecule has 5 rings (SSSR count). The molecule has 2 atom stereocenters. The lowest BCUT2D eigenvalue weighted by molar-refractivity contribution is 0.479. The molecule has 160 valence electrons. The molecule has 7 heteroatoms. The van der Waals surface area contributed by atoms with Crippen molar-refractivity contribution >= 4 is 29.0 Å². The number of ether oxygens (including phenoxy) is 1. The zero-order valence-electron chi connectivity index (χ0n) is 17.2. The third-order valence-electron chi connectivity index (χ3n) is 5.85. The van der Waals surface area contributed by atoms with Gasteiger partial charge < -0.3 is 20.3 Å². The van der Waals surface area contributed by atoms with Gasteiger partial charge in [0.25, 0.3) is 0 Å². The second-order valence-electron chi connectivity index (χ2n) is 8.16. The van der Waals surface area contributed by atoms with Crippen molar-refractivity contribution in [2.75, 3.05) is 25.0 Å². The number of rotatable bonds is 6. The molecule has 0 spiro atoms. The Morgan fingerprint density at radius 2 is 1.87 bits per heavy atom. The molecule has 31 heavy (non-hydrogen) atoms. The SMILES string of the molecule is CNCc1cc(Oc2ccc(N3C[C@@H]4C[C@H]3CN4)nc2)cc(-c2cc(Cl)cc(Cl)c2)c1. The number of pyridine rings is 1. The first kappa shape index (κ1) is 20.6. The third kappa shape index (κ3) is 4.51. The molecule has 2 aromatic carbocycles. The van der Waals surface area contributed by atoms with Crippen LogP contribution in [0.25, 0.3) is 11.1 Å². The zero-order valence-corrected chi connectivity index (χ0v) is 18.7. The van der Waals surface area contributed by atoms with E-state index in [0.29, 0.717) is 27.9 Å². The zero-order chi connectivity index (χ0) is 21.4. The van der Waals surface area contributed by atoms with Gasteiger partial charge in [0.2, 0.25) is 0 Å². The van der Waals surface area contributed by atoms with Gasteiger partial charge in [-0.1, -0.05) is 23.2 Å². The van der Waals surface area contributed by atoms with Gasteiger partial charge in [0.05, 0.1) is 6.20 Å². The summed E-state index contributed by atoms with van der Waals surface area (Å²) in [5.74, 6) is 2.47. The van der Waals surface area contributed by atoms with Crippen molar-refractivity contribution in [2.24, 2.45) is 0 Å². The van der Waals surface area contributed by atoms with Crippen molar-refractivity contribution in [2.45, 2.75) is 25.0 Å². The molecule has 2 aliphatic heterocycles. The molecule has 2 saturated heterocycles. The molecular weight excluding hydrogens is 431 g/mol. The molecule has 3 heterocycles. The van der Waals surface area contributed by atoms with Gasteiger partial charge in [0.1, 0.15) is 17.3 Å². The van der Waals surface area contributed by atoms with E-state index in [2.05, 4.69) is 26.6 Å². The lowest BCUT2D eigenvalue weighted by atomic mass is 10.0. The molecule has 0 unspecified atom stereocenters. The van der Waals surface area contributed by atoms with Crippen LogP contribution >= 0.6 is 23.2 Å². The lowest BCUT2D eigenvalue weighted by Crippen LogP contribution is -2.43. The Labute approximate surface area is 192 Å². The highest BCUT2D eigenvalue weighted by atomic mass is 35.5. The van der Waals surface area contributed by atoms with Crippen molar-refractivity contribution in [3.05, 3.63) is 70.3 Å². The van der Waals surface area contributed by atoms with E-state index in [4.69, 9.17) is 27.9 Å². The minimum absolute atomic E-state index is 0.551. The normalized spacial score (nSPS) is 19.8. The van der Waals surface area contributed by atoms with E-state index in [9.17, 15) is 0 Å². The predicted molar refractivity (Wildman–Crippen MR) is 127 cm³/mol. The number of fused-ring (bicyclic) bond motifs is 2. The summed E-state index contributed by atoms with van der Waals surface area (Å²) >= 11 is 12.4. The molecule has 0 radical (unpaired) electrons. The molecular formula is C24H24Cl2N4O. The summed E-state index contributed by atoms with van der Waals surface area (Å²) in [6.07, 6.45) is 3.00. The Kier molecular flexibility index (Phi) is 5.76. The molecule has 2 bridgehead atoms. The summed E-state index contributed by atoms with van der Waals surface area (Å²) in [6, 6.07) is 16.9. The van der Waals surface area contributed by atoms with Crippen LogP contribution in [0.15, 0.2) is 54.7 Å². The van der Waals surface area contributed by atoms with Gasteiger partial charge in [-0.05, 0) is 78.7 Å².